The van der Waals surface area contributed by atoms with E-state index in [4.69, 9.17) is 0 Å². The third-order valence-corrected chi connectivity index (χ3v) is 5.37. The van der Waals surface area contributed by atoms with Gasteiger partial charge >= 0.3 is 6.03 Å². The molecular weight excluding hydrogens is 266 g/mol. The molecule has 3 atom stereocenters. The van der Waals surface area contributed by atoms with Crippen LogP contribution in [-0.2, 0) is 4.79 Å². The molecule has 1 saturated heterocycles. The molecule has 2 N–H and O–H groups in total. The summed E-state index contributed by atoms with van der Waals surface area (Å²) in [6, 6.07) is 0.432. The van der Waals surface area contributed by atoms with Gasteiger partial charge in [-0.3, -0.25) is 4.79 Å². The fourth-order valence-electron chi connectivity index (χ4n) is 3.99. The van der Waals surface area contributed by atoms with Gasteiger partial charge in [0.15, 0.2) is 0 Å². The second-order valence-corrected chi connectivity index (χ2v) is 7.03. The van der Waals surface area contributed by atoms with Crippen LogP contribution in [0.1, 0.15) is 51.4 Å². The van der Waals surface area contributed by atoms with Gasteiger partial charge in [-0.1, -0.05) is 32.1 Å². The van der Waals surface area contributed by atoms with Crippen molar-refractivity contribution >= 4 is 11.9 Å². The van der Waals surface area contributed by atoms with E-state index in [1.807, 2.05) is 0 Å². The van der Waals surface area contributed by atoms with Gasteiger partial charge in [-0.15, -0.1) is 0 Å². The Hall–Kier alpha value is -1.26. The Morgan fingerprint density at radius 3 is 2.62 bits per heavy atom. The third-order valence-electron chi connectivity index (χ3n) is 5.37. The molecule has 0 aromatic rings. The first-order valence-electron chi connectivity index (χ1n) is 8.44. The minimum Gasteiger partial charge on any atom is -0.344 e. The number of nitrogens with one attached hydrogen (secondary N) is 2. The van der Waals surface area contributed by atoms with Gasteiger partial charge in [0, 0.05) is 32.1 Å². The Bertz CT molecular complexity index is 406. The lowest BCUT2D eigenvalue weighted by Gasteiger charge is -2.30. The first-order valence-corrected chi connectivity index (χ1v) is 8.44. The normalized spacial score (nSPS) is 33.7. The summed E-state index contributed by atoms with van der Waals surface area (Å²) in [6.07, 6.45) is 9.25. The van der Waals surface area contributed by atoms with Crippen molar-refractivity contribution in [1.82, 2.24) is 15.5 Å². The second kappa shape index (κ2) is 6.24. The van der Waals surface area contributed by atoms with Crippen molar-refractivity contribution in [2.75, 3.05) is 13.6 Å². The number of carbonyl (C=O) groups excluding carboxylic acids is 2. The van der Waals surface area contributed by atoms with Crippen molar-refractivity contribution in [2.45, 2.75) is 63.5 Å². The molecule has 5 nitrogen and oxygen atoms in total. The summed E-state index contributed by atoms with van der Waals surface area (Å²) < 4.78 is 0. The topological polar surface area (TPSA) is 61.4 Å². The summed E-state index contributed by atoms with van der Waals surface area (Å²) in [6.45, 7) is 0.628. The number of hydrogen-bond acceptors (Lipinski definition) is 2. The molecule has 2 aliphatic carbocycles. The Morgan fingerprint density at radius 2 is 1.90 bits per heavy atom. The highest BCUT2D eigenvalue weighted by Crippen LogP contribution is 2.44. The minimum absolute atomic E-state index is 0.0499. The maximum atomic E-state index is 12.1. The maximum Gasteiger partial charge on any atom is 0.315 e. The lowest BCUT2D eigenvalue weighted by molar-refractivity contribution is -0.132. The fraction of sp³-hybridized carbons (Fsp3) is 0.875. The number of likely N-dealkylation sites (tertiary alicyclic amines) is 1. The zero-order chi connectivity index (χ0) is 14.8. The summed E-state index contributed by atoms with van der Waals surface area (Å²) in [5, 5.41) is 6.14. The maximum absolute atomic E-state index is 12.1. The molecule has 0 aromatic heterocycles. The molecule has 0 radical (unpaired) electrons. The third kappa shape index (κ3) is 3.69. The van der Waals surface area contributed by atoms with Crippen molar-refractivity contribution in [1.29, 1.82) is 0 Å². The Morgan fingerprint density at radius 1 is 1.14 bits per heavy atom. The van der Waals surface area contributed by atoms with Crippen LogP contribution in [0, 0.1) is 11.8 Å². The minimum atomic E-state index is -0.0499. The summed E-state index contributed by atoms with van der Waals surface area (Å²) in [4.78, 5) is 25.2. The van der Waals surface area contributed by atoms with Crippen LogP contribution < -0.4 is 10.6 Å². The van der Waals surface area contributed by atoms with E-state index in [9.17, 15) is 9.59 Å². The highest BCUT2D eigenvalue weighted by Gasteiger charge is 2.43. The smallest absolute Gasteiger partial charge is 0.315 e. The largest absolute Gasteiger partial charge is 0.344 e. The number of rotatable bonds is 3. The van der Waals surface area contributed by atoms with Gasteiger partial charge in [-0.25, -0.2) is 4.79 Å². The Kier molecular flexibility index (Phi) is 4.36. The van der Waals surface area contributed by atoms with Crippen LogP contribution in [0.25, 0.3) is 0 Å². The SMILES string of the molecule is CN1C[C@H](NC(=O)N[C@@H]2C[C@@H]2C2CCCCC2)CCC1=O. The molecule has 1 aliphatic heterocycles. The Labute approximate surface area is 126 Å². The number of urea groups is 1. The molecular formula is C16H27N3O2. The van der Waals surface area contributed by atoms with E-state index >= 15 is 0 Å². The van der Waals surface area contributed by atoms with Crippen LogP contribution in [0.4, 0.5) is 4.79 Å². The molecule has 2 saturated carbocycles. The second-order valence-electron chi connectivity index (χ2n) is 7.03. The lowest BCUT2D eigenvalue weighted by atomic mass is 9.85. The van der Waals surface area contributed by atoms with Gasteiger partial charge < -0.3 is 15.5 Å². The van der Waals surface area contributed by atoms with Crippen LogP contribution in [0.5, 0.6) is 0 Å². The quantitative estimate of drug-likeness (QED) is 0.834. The van der Waals surface area contributed by atoms with Gasteiger partial charge in [-0.05, 0) is 24.7 Å². The summed E-state index contributed by atoms with van der Waals surface area (Å²) >= 11 is 0. The number of carbonyl (C=O) groups is 2. The molecule has 3 rings (SSSR count). The first-order chi connectivity index (χ1) is 10.1. The Balaban J connectivity index is 1.38. The molecule has 0 aromatic carbocycles. The van der Waals surface area contributed by atoms with E-state index < -0.39 is 0 Å². The summed E-state index contributed by atoms with van der Waals surface area (Å²) in [5.74, 6) is 1.72. The van der Waals surface area contributed by atoms with Crippen LogP contribution in [-0.4, -0.2) is 42.5 Å². The summed E-state index contributed by atoms with van der Waals surface area (Å²) in [5.41, 5.74) is 0. The van der Waals surface area contributed by atoms with E-state index in [0.717, 1.165) is 18.8 Å². The van der Waals surface area contributed by atoms with Crippen molar-refractivity contribution in [3.05, 3.63) is 0 Å². The molecule has 3 aliphatic rings. The molecule has 21 heavy (non-hydrogen) atoms. The first kappa shape index (κ1) is 14.7. The van der Waals surface area contributed by atoms with Crippen LogP contribution in [0.2, 0.25) is 0 Å². The summed E-state index contributed by atoms with van der Waals surface area (Å²) in [7, 11) is 1.80. The van der Waals surface area contributed by atoms with Gasteiger partial charge in [0.1, 0.15) is 0 Å². The molecule has 5 heteroatoms. The highest BCUT2D eigenvalue weighted by atomic mass is 16.2. The zero-order valence-corrected chi connectivity index (χ0v) is 12.9. The van der Waals surface area contributed by atoms with E-state index in [2.05, 4.69) is 10.6 Å². The number of amides is 3. The van der Waals surface area contributed by atoms with Crippen molar-refractivity contribution < 1.29 is 9.59 Å². The zero-order valence-electron chi connectivity index (χ0n) is 12.9. The molecule has 3 fully saturated rings. The molecule has 118 valence electrons. The average Bonchev–Trinajstić information content (AvgIpc) is 3.23. The monoisotopic (exact) mass is 293 g/mol. The molecule has 0 spiro atoms. The number of piperidine rings is 1. The molecule has 1 heterocycles. The number of nitrogens with zero attached hydrogens (tertiary/aromatic N) is 1. The molecule has 0 unspecified atom stereocenters. The number of hydrogen-bond donors (Lipinski definition) is 2. The standard InChI is InChI=1S/C16H27N3O2/c1-19-10-12(7-8-15(19)20)17-16(21)18-14-9-13(14)11-5-3-2-4-6-11/h11-14H,2-10H2,1H3,(H2,17,18,21)/t12-,13-,14-/m1/s1. The molecule has 3 amide bonds. The predicted molar refractivity (Wildman–Crippen MR) is 80.8 cm³/mol. The van der Waals surface area contributed by atoms with E-state index in [0.29, 0.717) is 24.9 Å². The van der Waals surface area contributed by atoms with Crippen LogP contribution in [0.3, 0.4) is 0 Å². The fourth-order valence-corrected chi connectivity index (χ4v) is 3.99. The van der Waals surface area contributed by atoms with E-state index in [1.165, 1.54) is 32.1 Å². The van der Waals surface area contributed by atoms with E-state index in [1.54, 1.807) is 11.9 Å². The van der Waals surface area contributed by atoms with Gasteiger partial charge in [0.05, 0.1) is 0 Å². The van der Waals surface area contributed by atoms with Crippen molar-refractivity contribution in [2.24, 2.45) is 11.8 Å². The predicted octanol–water partition coefficient (Wildman–Crippen LogP) is 1.88. The molecule has 0 bridgehead atoms. The average molecular weight is 293 g/mol. The van der Waals surface area contributed by atoms with Crippen molar-refractivity contribution in [3.8, 4) is 0 Å². The lowest BCUT2D eigenvalue weighted by Crippen LogP contribution is -2.51. The highest BCUT2D eigenvalue weighted by molar-refractivity contribution is 5.78. The van der Waals surface area contributed by atoms with Crippen LogP contribution >= 0.6 is 0 Å². The van der Waals surface area contributed by atoms with Crippen LogP contribution in [0.15, 0.2) is 0 Å². The van der Waals surface area contributed by atoms with Crippen molar-refractivity contribution in [3.63, 3.8) is 0 Å². The van der Waals surface area contributed by atoms with Gasteiger partial charge in [-0.2, -0.15) is 0 Å². The van der Waals surface area contributed by atoms with Gasteiger partial charge in [0.25, 0.3) is 0 Å². The van der Waals surface area contributed by atoms with Gasteiger partial charge in [0.2, 0.25) is 5.91 Å². The van der Waals surface area contributed by atoms with E-state index in [-0.39, 0.29) is 18.0 Å². The number of likely N-dealkylation sites (N-methyl/N-ethyl adjacent to an activating group) is 1.